The van der Waals surface area contributed by atoms with Crippen molar-refractivity contribution in [1.82, 2.24) is 9.97 Å². The Bertz CT molecular complexity index is 932. The monoisotopic (exact) mass is 348 g/mol. The predicted octanol–water partition coefficient (Wildman–Crippen LogP) is 3.54. The van der Waals surface area contributed by atoms with Gasteiger partial charge in [-0.15, -0.1) is 0 Å². The summed E-state index contributed by atoms with van der Waals surface area (Å²) in [7, 11) is 1.68. The lowest BCUT2D eigenvalue weighted by molar-refractivity contribution is 0.416. The van der Waals surface area contributed by atoms with Crippen molar-refractivity contribution >= 4 is 16.7 Å². The molecular formula is C21H24N4O. The number of anilines is 1. The molecule has 0 aliphatic carbocycles. The zero-order valence-electron chi connectivity index (χ0n) is 15.3. The molecule has 5 heteroatoms. The summed E-state index contributed by atoms with van der Waals surface area (Å²) in [5.41, 5.74) is 9.15. The number of ether oxygens (including phenoxy) is 1. The van der Waals surface area contributed by atoms with Crippen LogP contribution in [-0.2, 0) is 0 Å². The van der Waals surface area contributed by atoms with Crippen molar-refractivity contribution in [3.05, 3.63) is 48.0 Å². The standard InChI is InChI=1S/C21H24N4O/c1-14-7-8-16-18(13-14)23-20(17-5-3-4-6-19(17)26-2)24-21(16)25-11-9-15(22)10-12-25/h3-8,13,15H,9-12,22H2,1-2H3. The number of hydrogen-bond donors (Lipinski definition) is 1. The fourth-order valence-corrected chi connectivity index (χ4v) is 3.53. The van der Waals surface area contributed by atoms with Gasteiger partial charge in [-0.3, -0.25) is 0 Å². The van der Waals surface area contributed by atoms with Gasteiger partial charge in [0.2, 0.25) is 0 Å². The zero-order valence-corrected chi connectivity index (χ0v) is 15.3. The Hall–Kier alpha value is -2.66. The minimum atomic E-state index is 0.287. The van der Waals surface area contributed by atoms with Crippen molar-refractivity contribution in [2.75, 3.05) is 25.1 Å². The molecule has 1 aromatic heterocycles. The largest absolute Gasteiger partial charge is 0.496 e. The van der Waals surface area contributed by atoms with Gasteiger partial charge >= 0.3 is 0 Å². The molecule has 0 atom stereocenters. The van der Waals surface area contributed by atoms with Crippen LogP contribution < -0.4 is 15.4 Å². The molecule has 0 radical (unpaired) electrons. The van der Waals surface area contributed by atoms with Gasteiger partial charge in [-0.1, -0.05) is 18.2 Å². The van der Waals surface area contributed by atoms with Crippen LogP contribution in [0.3, 0.4) is 0 Å². The maximum Gasteiger partial charge on any atom is 0.165 e. The van der Waals surface area contributed by atoms with Crippen molar-refractivity contribution in [1.29, 1.82) is 0 Å². The number of fused-ring (bicyclic) bond motifs is 1. The third-order valence-electron chi connectivity index (χ3n) is 5.02. The zero-order chi connectivity index (χ0) is 18.1. The second kappa shape index (κ2) is 6.92. The Kier molecular flexibility index (Phi) is 4.47. The Balaban J connectivity index is 1.89. The van der Waals surface area contributed by atoms with Crippen LogP contribution in [0, 0.1) is 6.92 Å². The Morgan fingerprint density at radius 1 is 1.08 bits per heavy atom. The van der Waals surface area contributed by atoms with Gasteiger partial charge in [0.05, 0.1) is 18.2 Å². The number of para-hydroxylation sites is 1. The van der Waals surface area contributed by atoms with Gasteiger partial charge in [-0.25, -0.2) is 9.97 Å². The second-order valence-electron chi connectivity index (χ2n) is 6.92. The number of hydrogen-bond acceptors (Lipinski definition) is 5. The summed E-state index contributed by atoms with van der Waals surface area (Å²) >= 11 is 0. The molecule has 1 aliphatic rings. The van der Waals surface area contributed by atoms with Gasteiger partial charge < -0.3 is 15.4 Å². The molecule has 134 valence electrons. The summed E-state index contributed by atoms with van der Waals surface area (Å²) in [6, 6.07) is 14.5. The number of piperidine rings is 1. The molecule has 5 nitrogen and oxygen atoms in total. The van der Waals surface area contributed by atoms with Gasteiger partial charge in [0.15, 0.2) is 5.82 Å². The molecule has 0 spiro atoms. The summed E-state index contributed by atoms with van der Waals surface area (Å²) in [6.45, 7) is 3.93. The lowest BCUT2D eigenvalue weighted by Gasteiger charge is -2.32. The van der Waals surface area contributed by atoms with Crippen LogP contribution in [-0.4, -0.2) is 36.2 Å². The first-order chi connectivity index (χ1) is 12.7. The van der Waals surface area contributed by atoms with Crippen molar-refractivity contribution in [3.8, 4) is 17.1 Å². The number of nitrogens with two attached hydrogens (primary N) is 1. The summed E-state index contributed by atoms with van der Waals surface area (Å²) in [4.78, 5) is 12.1. The highest BCUT2D eigenvalue weighted by molar-refractivity contribution is 5.92. The minimum Gasteiger partial charge on any atom is -0.496 e. The van der Waals surface area contributed by atoms with Crippen LogP contribution >= 0.6 is 0 Å². The van der Waals surface area contributed by atoms with Gasteiger partial charge in [0.25, 0.3) is 0 Å². The quantitative estimate of drug-likeness (QED) is 0.784. The van der Waals surface area contributed by atoms with E-state index >= 15 is 0 Å². The molecule has 2 heterocycles. The number of nitrogens with zero attached hydrogens (tertiary/aromatic N) is 3. The molecule has 1 saturated heterocycles. The molecule has 0 saturated carbocycles. The number of benzene rings is 2. The molecule has 1 aliphatic heterocycles. The molecule has 0 amide bonds. The van der Waals surface area contributed by atoms with Gasteiger partial charge in [-0.2, -0.15) is 0 Å². The normalized spacial score (nSPS) is 15.4. The fraction of sp³-hybridized carbons (Fsp3) is 0.333. The topological polar surface area (TPSA) is 64.3 Å². The smallest absolute Gasteiger partial charge is 0.165 e. The molecule has 0 unspecified atom stereocenters. The Labute approximate surface area is 153 Å². The average Bonchev–Trinajstić information content (AvgIpc) is 2.67. The van der Waals surface area contributed by atoms with E-state index in [-0.39, 0.29) is 6.04 Å². The summed E-state index contributed by atoms with van der Waals surface area (Å²) in [5, 5.41) is 1.09. The van der Waals surface area contributed by atoms with Crippen LogP contribution in [0.25, 0.3) is 22.3 Å². The highest BCUT2D eigenvalue weighted by atomic mass is 16.5. The van der Waals surface area contributed by atoms with E-state index in [4.69, 9.17) is 20.4 Å². The van der Waals surface area contributed by atoms with E-state index in [0.717, 1.165) is 54.0 Å². The second-order valence-corrected chi connectivity index (χ2v) is 6.92. The summed E-state index contributed by atoms with van der Waals surface area (Å²) < 4.78 is 5.52. The van der Waals surface area contributed by atoms with Crippen LogP contribution in [0.2, 0.25) is 0 Å². The molecular weight excluding hydrogens is 324 g/mol. The van der Waals surface area contributed by atoms with Crippen molar-refractivity contribution in [3.63, 3.8) is 0 Å². The van der Waals surface area contributed by atoms with E-state index in [9.17, 15) is 0 Å². The molecule has 26 heavy (non-hydrogen) atoms. The molecule has 2 aromatic carbocycles. The third kappa shape index (κ3) is 3.10. The average molecular weight is 348 g/mol. The number of aryl methyl sites for hydroxylation is 1. The van der Waals surface area contributed by atoms with Crippen LogP contribution in [0.1, 0.15) is 18.4 Å². The van der Waals surface area contributed by atoms with Gasteiger partial charge in [-0.05, 0) is 49.6 Å². The first-order valence-corrected chi connectivity index (χ1v) is 9.08. The highest BCUT2D eigenvalue weighted by Gasteiger charge is 2.21. The maximum absolute atomic E-state index is 6.09. The van der Waals surface area contributed by atoms with Crippen molar-refractivity contribution < 1.29 is 4.74 Å². The maximum atomic E-state index is 6.09. The van der Waals surface area contributed by atoms with E-state index in [0.29, 0.717) is 5.82 Å². The van der Waals surface area contributed by atoms with E-state index in [1.54, 1.807) is 7.11 Å². The van der Waals surface area contributed by atoms with Crippen LogP contribution in [0.4, 0.5) is 5.82 Å². The first kappa shape index (κ1) is 16.8. The Morgan fingerprint density at radius 3 is 2.62 bits per heavy atom. The third-order valence-corrected chi connectivity index (χ3v) is 5.02. The fourth-order valence-electron chi connectivity index (χ4n) is 3.53. The van der Waals surface area contributed by atoms with E-state index in [1.807, 2.05) is 24.3 Å². The predicted molar refractivity (Wildman–Crippen MR) is 106 cm³/mol. The van der Waals surface area contributed by atoms with Crippen LogP contribution in [0.5, 0.6) is 5.75 Å². The minimum absolute atomic E-state index is 0.287. The Morgan fingerprint density at radius 2 is 1.85 bits per heavy atom. The van der Waals surface area contributed by atoms with Crippen molar-refractivity contribution in [2.45, 2.75) is 25.8 Å². The lowest BCUT2D eigenvalue weighted by atomic mass is 10.0. The SMILES string of the molecule is COc1ccccc1-c1nc(N2CCC(N)CC2)c2ccc(C)cc2n1. The molecule has 4 rings (SSSR count). The van der Waals surface area contributed by atoms with Crippen LogP contribution in [0.15, 0.2) is 42.5 Å². The summed E-state index contributed by atoms with van der Waals surface area (Å²) in [5.74, 6) is 2.47. The number of rotatable bonds is 3. The first-order valence-electron chi connectivity index (χ1n) is 9.08. The number of methoxy groups -OCH3 is 1. The van der Waals surface area contributed by atoms with E-state index in [1.165, 1.54) is 5.56 Å². The van der Waals surface area contributed by atoms with Gasteiger partial charge in [0.1, 0.15) is 11.6 Å². The molecule has 0 bridgehead atoms. The molecule has 2 N–H and O–H groups in total. The van der Waals surface area contributed by atoms with E-state index in [2.05, 4.69) is 30.0 Å². The number of aromatic nitrogens is 2. The van der Waals surface area contributed by atoms with Gasteiger partial charge in [0, 0.05) is 24.5 Å². The van der Waals surface area contributed by atoms with E-state index < -0.39 is 0 Å². The molecule has 1 fully saturated rings. The lowest BCUT2D eigenvalue weighted by Crippen LogP contribution is -2.40. The summed E-state index contributed by atoms with van der Waals surface area (Å²) in [6.07, 6.45) is 1.97. The highest BCUT2D eigenvalue weighted by Crippen LogP contribution is 2.33. The van der Waals surface area contributed by atoms with Crippen molar-refractivity contribution in [2.24, 2.45) is 5.73 Å². The molecule has 3 aromatic rings.